The van der Waals surface area contributed by atoms with Gasteiger partial charge in [-0.2, -0.15) is 0 Å². The Bertz CT molecular complexity index is 1050. The lowest BCUT2D eigenvalue weighted by Crippen LogP contribution is -2.17. The van der Waals surface area contributed by atoms with Crippen LogP contribution in [0.2, 0.25) is 0 Å². The highest BCUT2D eigenvalue weighted by atomic mass is 32.1. The highest BCUT2D eigenvalue weighted by molar-refractivity contribution is 7.14. The van der Waals surface area contributed by atoms with Crippen LogP contribution in [0.15, 0.2) is 84.1 Å². The van der Waals surface area contributed by atoms with Crippen molar-refractivity contribution in [3.8, 4) is 17.0 Å². The van der Waals surface area contributed by atoms with E-state index in [1.807, 2.05) is 68.5 Å². The second kappa shape index (κ2) is 10.0. The Kier molecular flexibility index (Phi) is 7.20. The van der Waals surface area contributed by atoms with Crippen LogP contribution in [0.5, 0.6) is 5.75 Å². The maximum absolute atomic E-state index is 5.28. The summed E-state index contributed by atoms with van der Waals surface area (Å²) in [4.78, 5) is 10.6. The lowest BCUT2D eigenvalue weighted by Gasteiger charge is -2.15. The van der Waals surface area contributed by atoms with Crippen LogP contribution in [0.3, 0.4) is 0 Å². The molecule has 1 N–H and O–H groups in total. The van der Waals surface area contributed by atoms with E-state index in [9.17, 15) is 0 Å². The molecule has 154 valence electrons. The van der Waals surface area contributed by atoms with Gasteiger partial charge in [0.25, 0.3) is 0 Å². The molecular weight excluding hydrogens is 390 g/mol. The predicted octanol–water partition coefficient (Wildman–Crippen LogP) is 6.31. The van der Waals surface area contributed by atoms with Crippen molar-refractivity contribution in [2.75, 3.05) is 7.11 Å². The zero-order valence-corrected chi connectivity index (χ0v) is 18.7. The molecule has 0 spiro atoms. The van der Waals surface area contributed by atoms with Gasteiger partial charge in [-0.3, -0.25) is 0 Å². The van der Waals surface area contributed by atoms with Crippen LogP contribution in [-0.4, -0.2) is 17.8 Å². The highest BCUT2D eigenvalue weighted by Crippen LogP contribution is 2.30. The first-order valence-corrected chi connectivity index (χ1v) is 10.7. The normalized spacial score (nSPS) is 12.7. The standard InChI is InChI=1S/C25H27N3OS/c1-6-10-23(27-18(3)26-17(2)20-11-8-7-9-12-20)25-24(28-19(4)30-25)21-13-15-22(29-5)16-14-21/h6-17,26H,3H2,1-2,4-5H3/b10-6-,27-23+. The average Bonchev–Trinajstić information content (AvgIpc) is 3.15. The van der Waals surface area contributed by atoms with Gasteiger partial charge in [0, 0.05) is 11.6 Å². The van der Waals surface area contributed by atoms with Crippen molar-refractivity contribution in [3.63, 3.8) is 0 Å². The molecule has 0 radical (unpaired) electrons. The van der Waals surface area contributed by atoms with E-state index in [0.29, 0.717) is 5.82 Å². The quantitative estimate of drug-likeness (QED) is 0.437. The number of thiazole rings is 1. The smallest absolute Gasteiger partial charge is 0.119 e. The van der Waals surface area contributed by atoms with E-state index >= 15 is 0 Å². The molecule has 3 rings (SSSR count). The van der Waals surface area contributed by atoms with Gasteiger partial charge in [0.2, 0.25) is 0 Å². The topological polar surface area (TPSA) is 46.5 Å². The van der Waals surface area contributed by atoms with E-state index in [-0.39, 0.29) is 6.04 Å². The van der Waals surface area contributed by atoms with Crippen LogP contribution in [0, 0.1) is 6.92 Å². The lowest BCUT2D eigenvalue weighted by atomic mass is 10.1. The van der Waals surface area contributed by atoms with Crippen molar-refractivity contribution in [2.24, 2.45) is 4.99 Å². The number of aliphatic imine (C=N–C) groups is 1. The van der Waals surface area contributed by atoms with Crippen LogP contribution in [0.1, 0.15) is 35.3 Å². The van der Waals surface area contributed by atoms with Gasteiger partial charge in [0.05, 0.1) is 28.4 Å². The minimum atomic E-state index is 0.110. The molecule has 4 nitrogen and oxygen atoms in total. The molecule has 0 amide bonds. The fourth-order valence-corrected chi connectivity index (χ4v) is 4.03. The maximum Gasteiger partial charge on any atom is 0.119 e. The summed E-state index contributed by atoms with van der Waals surface area (Å²) in [7, 11) is 1.67. The Labute approximate surface area is 182 Å². The van der Waals surface area contributed by atoms with E-state index in [1.165, 1.54) is 5.56 Å². The molecular formula is C25H27N3OS. The second-order valence-corrected chi connectivity index (χ2v) is 8.06. The molecule has 1 atom stereocenters. The zero-order chi connectivity index (χ0) is 21.5. The number of ether oxygens (including phenoxy) is 1. The molecule has 0 aliphatic rings. The molecule has 0 aliphatic heterocycles. The molecule has 0 fully saturated rings. The minimum Gasteiger partial charge on any atom is -0.497 e. The Morgan fingerprint density at radius 3 is 2.50 bits per heavy atom. The summed E-state index contributed by atoms with van der Waals surface area (Å²) in [5, 5.41) is 4.38. The molecule has 1 heterocycles. The first kappa shape index (κ1) is 21.5. The fourth-order valence-electron chi connectivity index (χ4n) is 3.12. The highest BCUT2D eigenvalue weighted by Gasteiger charge is 2.16. The summed E-state index contributed by atoms with van der Waals surface area (Å²) < 4.78 is 5.28. The van der Waals surface area contributed by atoms with Crippen molar-refractivity contribution in [1.82, 2.24) is 10.3 Å². The van der Waals surface area contributed by atoms with Crippen LogP contribution in [-0.2, 0) is 0 Å². The summed E-state index contributed by atoms with van der Waals surface area (Å²) in [6.45, 7) is 10.2. The van der Waals surface area contributed by atoms with Gasteiger partial charge < -0.3 is 10.1 Å². The Morgan fingerprint density at radius 1 is 1.17 bits per heavy atom. The van der Waals surface area contributed by atoms with Crippen LogP contribution >= 0.6 is 11.3 Å². The summed E-state index contributed by atoms with van der Waals surface area (Å²) in [6, 6.07) is 18.3. The van der Waals surface area contributed by atoms with Gasteiger partial charge in [-0.05, 0) is 56.7 Å². The summed E-state index contributed by atoms with van der Waals surface area (Å²) in [5.74, 6) is 1.44. The molecule has 30 heavy (non-hydrogen) atoms. The molecule has 0 saturated heterocycles. The van der Waals surface area contributed by atoms with Gasteiger partial charge in [-0.15, -0.1) is 11.3 Å². The van der Waals surface area contributed by atoms with Crippen molar-refractivity contribution >= 4 is 17.0 Å². The molecule has 0 saturated carbocycles. The third kappa shape index (κ3) is 5.24. The van der Waals surface area contributed by atoms with Gasteiger partial charge in [0.15, 0.2) is 0 Å². The van der Waals surface area contributed by atoms with Gasteiger partial charge >= 0.3 is 0 Å². The van der Waals surface area contributed by atoms with Crippen molar-refractivity contribution in [2.45, 2.75) is 26.8 Å². The third-order valence-electron chi connectivity index (χ3n) is 4.59. The number of hydrogen-bond acceptors (Lipinski definition) is 5. The van der Waals surface area contributed by atoms with E-state index in [1.54, 1.807) is 18.4 Å². The monoisotopic (exact) mass is 417 g/mol. The predicted molar refractivity (Wildman–Crippen MR) is 127 cm³/mol. The number of aryl methyl sites for hydroxylation is 1. The van der Waals surface area contributed by atoms with Crippen molar-refractivity contribution in [3.05, 3.63) is 94.6 Å². The number of nitrogens with one attached hydrogen (secondary N) is 1. The molecule has 1 unspecified atom stereocenters. The molecule has 0 bridgehead atoms. The first-order chi connectivity index (χ1) is 14.5. The Hall–Kier alpha value is -3.18. The molecule has 2 aromatic carbocycles. The third-order valence-corrected chi connectivity index (χ3v) is 5.59. The van der Waals surface area contributed by atoms with E-state index in [0.717, 1.165) is 32.6 Å². The first-order valence-electron chi connectivity index (χ1n) is 9.85. The number of methoxy groups -OCH3 is 1. The van der Waals surface area contributed by atoms with E-state index in [4.69, 9.17) is 14.7 Å². The number of aromatic nitrogens is 1. The average molecular weight is 418 g/mol. The lowest BCUT2D eigenvalue weighted by molar-refractivity contribution is 0.415. The molecule has 1 aromatic heterocycles. The molecule has 3 aromatic rings. The van der Waals surface area contributed by atoms with Crippen molar-refractivity contribution in [1.29, 1.82) is 0 Å². The van der Waals surface area contributed by atoms with E-state index in [2.05, 4.69) is 31.0 Å². The minimum absolute atomic E-state index is 0.110. The molecule has 0 aliphatic carbocycles. The summed E-state index contributed by atoms with van der Waals surface area (Å²) >= 11 is 1.63. The fraction of sp³-hybridized carbons (Fsp3) is 0.200. The summed E-state index contributed by atoms with van der Waals surface area (Å²) in [5.41, 5.74) is 3.98. The van der Waals surface area contributed by atoms with Crippen LogP contribution in [0.4, 0.5) is 0 Å². The van der Waals surface area contributed by atoms with Gasteiger partial charge in [-0.25, -0.2) is 9.98 Å². The van der Waals surface area contributed by atoms with Gasteiger partial charge in [0.1, 0.15) is 11.6 Å². The Balaban J connectivity index is 1.91. The van der Waals surface area contributed by atoms with Gasteiger partial charge in [-0.1, -0.05) is 43.0 Å². The number of nitrogens with zero attached hydrogens (tertiary/aromatic N) is 2. The van der Waals surface area contributed by atoms with Crippen LogP contribution in [0.25, 0.3) is 11.3 Å². The van der Waals surface area contributed by atoms with Crippen molar-refractivity contribution < 1.29 is 4.74 Å². The number of allylic oxidation sites excluding steroid dienone is 2. The molecule has 5 heteroatoms. The SMILES string of the molecule is C=C(/N=C(\C=C/C)c1sc(C)nc1-c1ccc(OC)cc1)NC(C)c1ccccc1. The largest absolute Gasteiger partial charge is 0.497 e. The number of hydrogen-bond donors (Lipinski definition) is 1. The maximum atomic E-state index is 5.28. The Morgan fingerprint density at radius 2 is 1.87 bits per heavy atom. The van der Waals surface area contributed by atoms with Crippen LogP contribution < -0.4 is 10.1 Å². The second-order valence-electron chi connectivity index (χ2n) is 6.86. The van der Waals surface area contributed by atoms with E-state index < -0.39 is 0 Å². The number of benzene rings is 2. The zero-order valence-electron chi connectivity index (χ0n) is 17.8. The summed E-state index contributed by atoms with van der Waals surface area (Å²) in [6.07, 6.45) is 3.99. The number of rotatable bonds is 8.